The Morgan fingerprint density at radius 2 is 2.00 bits per heavy atom. The lowest BCUT2D eigenvalue weighted by atomic mass is 10.1. The Kier molecular flexibility index (Phi) is 4.09. The third-order valence-corrected chi connectivity index (χ3v) is 2.40. The summed E-state index contributed by atoms with van der Waals surface area (Å²) in [6.45, 7) is 7.40. The van der Waals surface area contributed by atoms with Gasteiger partial charge in [0.1, 0.15) is 19.0 Å². The van der Waals surface area contributed by atoms with Crippen molar-refractivity contribution in [1.29, 1.82) is 0 Å². The fraction of sp³-hybridized carbons (Fsp3) is 0.800. The lowest BCUT2D eigenvalue weighted by molar-refractivity contribution is -0.550. The number of rotatable bonds is 3. The predicted octanol–water partition coefficient (Wildman–Crippen LogP) is 0.859. The highest BCUT2D eigenvalue weighted by atomic mass is 16.5. The van der Waals surface area contributed by atoms with E-state index in [0.717, 1.165) is 26.3 Å². The van der Waals surface area contributed by atoms with Gasteiger partial charge >= 0.3 is 0 Å². The van der Waals surface area contributed by atoms with Gasteiger partial charge in [-0.05, 0) is 0 Å². The summed E-state index contributed by atoms with van der Waals surface area (Å²) < 4.78 is 7.49. The van der Waals surface area contributed by atoms with Crippen molar-refractivity contribution in [2.24, 2.45) is 0 Å². The lowest BCUT2D eigenvalue weighted by Crippen LogP contribution is -2.33. The molecule has 1 saturated heterocycles. The summed E-state index contributed by atoms with van der Waals surface area (Å²) in [5.74, 6) is 0.323. The van der Waals surface area contributed by atoms with Crippen LogP contribution >= 0.6 is 0 Å². The van der Waals surface area contributed by atoms with Crippen LogP contribution in [0.5, 0.6) is 0 Å². The van der Waals surface area contributed by atoms with Crippen molar-refractivity contribution in [2.45, 2.75) is 26.7 Å². The Hall–Kier alpha value is -0.700. The normalized spacial score (nSPS) is 17.2. The smallest absolute Gasteiger partial charge is 0.166 e. The summed E-state index contributed by atoms with van der Waals surface area (Å²) in [6.07, 6.45) is 1.25. The number of nitrogens with zero attached hydrogens (tertiary/aromatic N) is 1. The number of hydrogen-bond acceptors (Lipinski definition) is 2. The van der Waals surface area contributed by atoms with Crippen LogP contribution in [0.25, 0.3) is 0 Å². The van der Waals surface area contributed by atoms with E-state index in [0.29, 0.717) is 18.6 Å². The van der Waals surface area contributed by atoms with E-state index in [4.69, 9.17) is 4.74 Å². The molecule has 0 aliphatic carbocycles. The van der Waals surface area contributed by atoms with Crippen molar-refractivity contribution in [3.8, 4) is 0 Å². The highest BCUT2D eigenvalue weighted by Gasteiger charge is 2.16. The second-order valence-electron chi connectivity index (χ2n) is 3.40. The monoisotopic (exact) mass is 184 g/mol. The molecule has 74 valence electrons. The third-order valence-electron chi connectivity index (χ3n) is 2.40. The minimum absolute atomic E-state index is 0.323. The predicted molar refractivity (Wildman–Crippen MR) is 51.4 cm³/mol. The molecular formula is C10H18NO2+. The number of carbonyl (C=O) groups excluding carboxylic acids is 1. The number of morpholine rings is 1. The first-order valence-electron chi connectivity index (χ1n) is 4.91. The highest BCUT2D eigenvalue weighted by molar-refractivity contribution is 5.98. The summed E-state index contributed by atoms with van der Waals surface area (Å²) in [4.78, 5) is 11.2. The molecule has 1 fully saturated rings. The number of hydrogen-bond donors (Lipinski definition) is 0. The second kappa shape index (κ2) is 5.12. The summed E-state index contributed by atoms with van der Waals surface area (Å²) in [5, 5.41) is 0. The van der Waals surface area contributed by atoms with Crippen LogP contribution in [0.1, 0.15) is 26.7 Å². The maximum Gasteiger partial charge on any atom is 0.166 e. The molecule has 0 spiro atoms. The molecule has 0 bridgehead atoms. The first-order chi connectivity index (χ1) is 6.24. The van der Waals surface area contributed by atoms with Crippen molar-refractivity contribution in [3.05, 3.63) is 0 Å². The molecule has 0 aromatic heterocycles. The van der Waals surface area contributed by atoms with Gasteiger partial charge in [-0.1, -0.05) is 6.92 Å². The molecule has 1 aliphatic heterocycles. The summed E-state index contributed by atoms with van der Waals surface area (Å²) in [5.41, 5.74) is 1.19. The van der Waals surface area contributed by atoms with Crippen LogP contribution in [0.3, 0.4) is 0 Å². The lowest BCUT2D eigenvalue weighted by Gasteiger charge is -2.12. The van der Waals surface area contributed by atoms with Gasteiger partial charge in [-0.3, -0.25) is 4.79 Å². The van der Waals surface area contributed by atoms with Crippen LogP contribution in [0, 0.1) is 0 Å². The van der Waals surface area contributed by atoms with Crippen molar-refractivity contribution < 1.29 is 14.1 Å². The zero-order valence-electron chi connectivity index (χ0n) is 8.51. The average molecular weight is 184 g/mol. The van der Waals surface area contributed by atoms with E-state index in [2.05, 4.69) is 4.58 Å². The maximum absolute atomic E-state index is 11.2. The minimum atomic E-state index is 0.323. The number of carbonyl (C=O) groups is 1. The van der Waals surface area contributed by atoms with E-state index in [-0.39, 0.29) is 0 Å². The third kappa shape index (κ3) is 3.27. The van der Waals surface area contributed by atoms with E-state index in [9.17, 15) is 4.79 Å². The number of ether oxygens (including phenoxy) is 1. The van der Waals surface area contributed by atoms with Gasteiger partial charge in [-0.15, -0.1) is 0 Å². The molecule has 0 saturated carbocycles. The fourth-order valence-electron chi connectivity index (χ4n) is 1.47. The molecule has 13 heavy (non-hydrogen) atoms. The minimum Gasteiger partial charge on any atom is -0.368 e. The summed E-state index contributed by atoms with van der Waals surface area (Å²) >= 11 is 0. The Balaban J connectivity index is 2.51. The molecule has 1 heterocycles. The van der Waals surface area contributed by atoms with Crippen LogP contribution in [0.2, 0.25) is 0 Å². The molecule has 0 amide bonds. The van der Waals surface area contributed by atoms with Crippen molar-refractivity contribution in [2.75, 3.05) is 26.3 Å². The molecule has 0 radical (unpaired) electrons. The van der Waals surface area contributed by atoms with Crippen LogP contribution in [-0.2, 0) is 9.53 Å². The van der Waals surface area contributed by atoms with Gasteiger partial charge in [0.2, 0.25) is 0 Å². The zero-order valence-corrected chi connectivity index (χ0v) is 8.51. The highest BCUT2D eigenvalue weighted by Crippen LogP contribution is 1.96. The first kappa shape index (κ1) is 10.4. The van der Waals surface area contributed by atoms with Gasteiger partial charge in [0.05, 0.1) is 6.42 Å². The quantitative estimate of drug-likeness (QED) is 0.609. The van der Waals surface area contributed by atoms with Crippen molar-refractivity contribution in [1.82, 2.24) is 0 Å². The van der Waals surface area contributed by atoms with Crippen LogP contribution in [0.4, 0.5) is 0 Å². The molecular weight excluding hydrogens is 166 g/mol. The molecule has 1 aliphatic rings. The van der Waals surface area contributed by atoms with Crippen LogP contribution in [-0.4, -0.2) is 42.4 Å². The Morgan fingerprint density at radius 1 is 1.38 bits per heavy atom. The Morgan fingerprint density at radius 3 is 2.54 bits per heavy atom. The number of ketones is 1. The first-order valence-corrected chi connectivity index (χ1v) is 4.91. The maximum atomic E-state index is 11.2. The van der Waals surface area contributed by atoms with Gasteiger partial charge in [-0.2, -0.15) is 0 Å². The fourth-order valence-corrected chi connectivity index (χ4v) is 1.47. The van der Waals surface area contributed by atoms with Gasteiger partial charge < -0.3 is 4.74 Å². The standard InChI is InChI=1S/C10H18NO2/c1-3-10(12)8-9(2)11-4-6-13-7-5-11/h3-8H2,1-2H3/q+1. The molecule has 3 heteroatoms. The molecule has 0 aromatic carbocycles. The van der Waals surface area contributed by atoms with Crippen LogP contribution in [0.15, 0.2) is 0 Å². The van der Waals surface area contributed by atoms with E-state index in [1.54, 1.807) is 0 Å². The van der Waals surface area contributed by atoms with Crippen molar-refractivity contribution >= 4 is 11.5 Å². The molecule has 3 nitrogen and oxygen atoms in total. The molecule has 0 atom stereocenters. The number of Topliss-reactive ketones (excluding diaryl/α,β-unsaturated/α-hetero) is 1. The van der Waals surface area contributed by atoms with Crippen LogP contribution < -0.4 is 0 Å². The van der Waals surface area contributed by atoms with Gasteiger partial charge in [0, 0.05) is 13.3 Å². The average Bonchev–Trinajstić information content (AvgIpc) is 2.19. The Labute approximate surface area is 79.4 Å². The topological polar surface area (TPSA) is 29.3 Å². The van der Waals surface area contributed by atoms with E-state index in [1.807, 2.05) is 13.8 Å². The zero-order chi connectivity index (χ0) is 9.68. The van der Waals surface area contributed by atoms with E-state index in [1.165, 1.54) is 5.71 Å². The molecule has 1 rings (SSSR count). The molecule has 0 aromatic rings. The summed E-state index contributed by atoms with van der Waals surface area (Å²) in [6, 6.07) is 0. The van der Waals surface area contributed by atoms with E-state index < -0.39 is 0 Å². The van der Waals surface area contributed by atoms with Gasteiger partial charge in [-0.25, -0.2) is 4.58 Å². The largest absolute Gasteiger partial charge is 0.368 e. The molecule has 0 unspecified atom stereocenters. The van der Waals surface area contributed by atoms with Crippen molar-refractivity contribution in [3.63, 3.8) is 0 Å². The Bertz CT molecular complexity index is 213. The SMILES string of the molecule is CCC(=O)CC(C)=[N+]1CCOCC1. The van der Waals surface area contributed by atoms with Gasteiger partial charge in [0.25, 0.3) is 0 Å². The van der Waals surface area contributed by atoms with E-state index >= 15 is 0 Å². The molecule has 0 N–H and O–H groups in total. The second-order valence-corrected chi connectivity index (χ2v) is 3.40. The summed E-state index contributed by atoms with van der Waals surface area (Å²) in [7, 11) is 0. The van der Waals surface area contributed by atoms with Gasteiger partial charge in [0.15, 0.2) is 18.8 Å².